The van der Waals surface area contributed by atoms with Crippen LogP contribution in [0.2, 0.25) is 0 Å². The summed E-state index contributed by atoms with van der Waals surface area (Å²) in [5.74, 6) is 1.78. The molecule has 11 aromatic rings. The SMILES string of the molecule is c1ccc(-c2ccc(-c3nc(-c4ccc(-c5ccccc5)cc4)nc(-c4cccc5oc6c(-c7ccc(-c8ccccc8)c(-c8ccccc8)c7)cccc6c45)n3)cc2)cc1. The first-order valence-electron chi connectivity index (χ1n) is 20.5. The molecule has 0 radical (unpaired) electrons. The zero-order valence-electron chi connectivity index (χ0n) is 33.1. The van der Waals surface area contributed by atoms with Gasteiger partial charge in [0.05, 0.1) is 0 Å². The molecular weight excluding hydrogens is 743 g/mol. The van der Waals surface area contributed by atoms with Gasteiger partial charge < -0.3 is 4.42 Å². The van der Waals surface area contributed by atoms with Crippen molar-refractivity contribution in [1.29, 1.82) is 0 Å². The fourth-order valence-electron chi connectivity index (χ4n) is 8.34. The largest absolute Gasteiger partial charge is 0.455 e. The maximum absolute atomic E-state index is 6.83. The van der Waals surface area contributed by atoms with Gasteiger partial charge >= 0.3 is 0 Å². The second-order valence-electron chi connectivity index (χ2n) is 15.1. The fourth-order valence-corrected chi connectivity index (χ4v) is 8.34. The second-order valence-corrected chi connectivity index (χ2v) is 15.1. The number of rotatable bonds is 8. The van der Waals surface area contributed by atoms with Gasteiger partial charge in [-0.2, -0.15) is 0 Å². The third kappa shape index (κ3) is 6.86. The molecule has 4 heteroatoms. The third-order valence-electron chi connectivity index (χ3n) is 11.4. The van der Waals surface area contributed by atoms with Gasteiger partial charge in [0, 0.05) is 33.0 Å². The molecule has 2 heterocycles. The third-order valence-corrected chi connectivity index (χ3v) is 11.4. The molecule has 0 bridgehead atoms. The summed E-state index contributed by atoms with van der Waals surface area (Å²) in [5, 5.41) is 1.96. The van der Waals surface area contributed by atoms with Gasteiger partial charge in [-0.25, -0.2) is 15.0 Å². The summed E-state index contributed by atoms with van der Waals surface area (Å²) in [7, 11) is 0. The summed E-state index contributed by atoms with van der Waals surface area (Å²) < 4.78 is 6.83. The van der Waals surface area contributed by atoms with Crippen LogP contribution in [0.4, 0.5) is 0 Å². The molecular formula is C57H37N3O. The van der Waals surface area contributed by atoms with Crippen molar-refractivity contribution in [2.45, 2.75) is 0 Å². The number of furan rings is 1. The van der Waals surface area contributed by atoms with Crippen LogP contribution in [0.25, 0.3) is 112 Å². The molecule has 0 saturated carbocycles. The van der Waals surface area contributed by atoms with Gasteiger partial charge in [0.15, 0.2) is 17.5 Å². The van der Waals surface area contributed by atoms with Gasteiger partial charge in [0.25, 0.3) is 0 Å². The Morgan fingerprint density at radius 3 is 1.25 bits per heavy atom. The lowest BCUT2D eigenvalue weighted by Crippen LogP contribution is -2.00. The van der Waals surface area contributed by atoms with Crippen LogP contribution in [0.5, 0.6) is 0 Å². The van der Waals surface area contributed by atoms with E-state index in [9.17, 15) is 0 Å². The summed E-state index contributed by atoms with van der Waals surface area (Å²) in [4.78, 5) is 15.5. The molecule has 0 unspecified atom stereocenters. The highest BCUT2D eigenvalue weighted by Crippen LogP contribution is 2.42. The highest BCUT2D eigenvalue weighted by Gasteiger charge is 2.20. The Morgan fingerprint density at radius 1 is 0.262 bits per heavy atom. The minimum atomic E-state index is 0.580. The minimum Gasteiger partial charge on any atom is -0.455 e. The van der Waals surface area contributed by atoms with E-state index in [0.29, 0.717) is 17.5 Å². The van der Waals surface area contributed by atoms with Gasteiger partial charge in [0.2, 0.25) is 0 Å². The van der Waals surface area contributed by atoms with Crippen LogP contribution < -0.4 is 0 Å². The number of para-hydroxylation sites is 1. The number of aromatic nitrogens is 3. The Hall–Kier alpha value is -8.21. The Bertz CT molecular complexity index is 3210. The lowest BCUT2D eigenvalue weighted by Gasteiger charge is -2.13. The summed E-state index contributed by atoms with van der Waals surface area (Å²) in [6, 6.07) is 78.1. The smallest absolute Gasteiger partial charge is 0.164 e. The van der Waals surface area contributed by atoms with Crippen LogP contribution >= 0.6 is 0 Å². The second kappa shape index (κ2) is 15.5. The molecule has 0 aliphatic heterocycles. The quantitative estimate of drug-likeness (QED) is 0.154. The van der Waals surface area contributed by atoms with Crippen molar-refractivity contribution in [3.8, 4) is 89.8 Å². The van der Waals surface area contributed by atoms with E-state index in [2.05, 4.69) is 200 Å². The molecule has 61 heavy (non-hydrogen) atoms. The van der Waals surface area contributed by atoms with Crippen molar-refractivity contribution in [3.63, 3.8) is 0 Å². The average Bonchev–Trinajstić information content (AvgIpc) is 3.74. The van der Waals surface area contributed by atoms with Crippen molar-refractivity contribution < 1.29 is 4.42 Å². The fraction of sp³-hybridized carbons (Fsp3) is 0. The summed E-state index contributed by atoms with van der Waals surface area (Å²) >= 11 is 0. The Labute approximate surface area is 354 Å². The van der Waals surface area contributed by atoms with E-state index in [4.69, 9.17) is 19.4 Å². The van der Waals surface area contributed by atoms with Crippen LogP contribution in [0.15, 0.2) is 229 Å². The van der Waals surface area contributed by atoms with E-state index in [1.807, 2.05) is 24.3 Å². The van der Waals surface area contributed by atoms with Crippen molar-refractivity contribution in [1.82, 2.24) is 15.0 Å². The number of nitrogens with zero attached hydrogens (tertiary/aromatic N) is 3. The first-order valence-corrected chi connectivity index (χ1v) is 20.5. The van der Waals surface area contributed by atoms with Crippen LogP contribution in [0.1, 0.15) is 0 Å². The van der Waals surface area contributed by atoms with E-state index in [1.54, 1.807) is 0 Å². The first-order chi connectivity index (χ1) is 30.2. The van der Waals surface area contributed by atoms with Crippen molar-refractivity contribution in [2.24, 2.45) is 0 Å². The molecule has 0 amide bonds. The van der Waals surface area contributed by atoms with Crippen molar-refractivity contribution >= 4 is 21.9 Å². The maximum Gasteiger partial charge on any atom is 0.164 e. The van der Waals surface area contributed by atoms with E-state index in [0.717, 1.165) is 83.1 Å². The van der Waals surface area contributed by atoms with E-state index >= 15 is 0 Å². The van der Waals surface area contributed by atoms with Crippen molar-refractivity contribution in [3.05, 3.63) is 224 Å². The molecule has 11 rings (SSSR count). The maximum atomic E-state index is 6.83. The minimum absolute atomic E-state index is 0.580. The topological polar surface area (TPSA) is 51.8 Å². The predicted octanol–water partition coefficient (Wildman–Crippen LogP) is 15.1. The van der Waals surface area contributed by atoms with Gasteiger partial charge in [-0.15, -0.1) is 0 Å². The molecule has 0 aliphatic carbocycles. The van der Waals surface area contributed by atoms with Crippen LogP contribution in [-0.4, -0.2) is 15.0 Å². The van der Waals surface area contributed by atoms with E-state index in [1.165, 1.54) is 11.1 Å². The molecule has 286 valence electrons. The van der Waals surface area contributed by atoms with Crippen LogP contribution in [-0.2, 0) is 0 Å². The summed E-state index contributed by atoms with van der Waals surface area (Å²) in [5.41, 5.74) is 15.6. The number of hydrogen-bond acceptors (Lipinski definition) is 4. The zero-order chi connectivity index (χ0) is 40.5. The standard InChI is InChI=1S/C57H37N3O/c1-5-15-38(16-6-1)40-27-31-44(32-28-40)55-58-56(45-33-29-41(30-34-45)39-17-7-2-8-18-39)60-57(59-55)50-25-14-26-52-53(50)49-24-13-23-48(54(49)61-52)46-35-36-47(42-19-9-3-10-20-42)51(37-46)43-21-11-4-12-22-43/h1-37H. The number of fused-ring (bicyclic) bond motifs is 3. The highest BCUT2D eigenvalue weighted by atomic mass is 16.3. The molecule has 0 aliphatic rings. The normalized spacial score (nSPS) is 11.3. The lowest BCUT2D eigenvalue weighted by atomic mass is 9.90. The summed E-state index contributed by atoms with van der Waals surface area (Å²) in [6.07, 6.45) is 0. The van der Waals surface area contributed by atoms with Gasteiger partial charge in [0.1, 0.15) is 11.2 Å². The summed E-state index contributed by atoms with van der Waals surface area (Å²) in [6.45, 7) is 0. The number of hydrogen-bond donors (Lipinski definition) is 0. The zero-order valence-corrected chi connectivity index (χ0v) is 33.1. The van der Waals surface area contributed by atoms with E-state index in [-0.39, 0.29) is 0 Å². The predicted molar refractivity (Wildman–Crippen MR) is 251 cm³/mol. The Balaban J connectivity index is 1.06. The Morgan fingerprint density at radius 2 is 0.689 bits per heavy atom. The first kappa shape index (κ1) is 35.9. The molecule has 0 spiro atoms. The van der Waals surface area contributed by atoms with Gasteiger partial charge in [-0.3, -0.25) is 0 Å². The molecule has 4 nitrogen and oxygen atoms in total. The number of benzene rings is 9. The monoisotopic (exact) mass is 779 g/mol. The molecule has 9 aromatic carbocycles. The molecule has 0 N–H and O–H groups in total. The van der Waals surface area contributed by atoms with Crippen LogP contribution in [0, 0.1) is 0 Å². The average molecular weight is 780 g/mol. The van der Waals surface area contributed by atoms with Crippen LogP contribution in [0.3, 0.4) is 0 Å². The van der Waals surface area contributed by atoms with Gasteiger partial charge in [-0.1, -0.05) is 212 Å². The van der Waals surface area contributed by atoms with Crippen molar-refractivity contribution in [2.75, 3.05) is 0 Å². The van der Waals surface area contributed by atoms with Gasteiger partial charge in [-0.05, 0) is 62.2 Å². The molecule has 0 fully saturated rings. The lowest BCUT2D eigenvalue weighted by molar-refractivity contribution is 0.670. The molecule has 0 saturated heterocycles. The highest BCUT2D eigenvalue weighted by molar-refractivity contribution is 6.15. The molecule has 2 aromatic heterocycles. The Kier molecular flexibility index (Phi) is 9.14. The van der Waals surface area contributed by atoms with E-state index < -0.39 is 0 Å². The molecule has 0 atom stereocenters.